The molecule has 5 heteroatoms. The molecule has 1 aromatic carbocycles. The molecule has 24 heavy (non-hydrogen) atoms. The van der Waals surface area contributed by atoms with E-state index in [9.17, 15) is 9.59 Å². The number of nitrogens with zero attached hydrogens (tertiary/aromatic N) is 3. The first kappa shape index (κ1) is 17.0. The van der Waals surface area contributed by atoms with Crippen molar-refractivity contribution in [2.24, 2.45) is 0 Å². The zero-order valence-corrected chi connectivity index (χ0v) is 14.5. The summed E-state index contributed by atoms with van der Waals surface area (Å²) in [5.74, 6) is 0.230. The van der Waals surface area contributed by atoms with Crippen LogP contribution in [0.3, 0.4) is 0 Å². The lowest BCUT2D eigenvalue weighted by molar-refractivity contribution is -0.142. The summed E-state index contributed by atoms with van der Waals surface area (Å²) in [5, 5.41) is 0. The van der Waals surface area contributed by atoms with E-state index in [0.29, 0.717) is 6.42 Å². The van der Waals surface area contributed by atoms with E-state index < -0.39 is 0 Å². The van der Waals surface area contributed by atoms with E-state index in [-0.39, 0.29) is 18.4 Å². The van der Waals surface area contributed by atoms with Crippen molar-refractivity contribution < 1.29 is 9.59 Å². The fourth-order valence-electron chi connectivity index (χ4n) is 3.48. The zero-order valence-electron chi connectivity index (χ0n) is 14.5. The molecule has 2 heterocycles. The van der Waals surface area contributed by atoms with Crippen molar-refractivity contribution in [3.63, 3.8) is 0 Å². The first-order valence-electron chi connectivity index (χ1n) is 8.96. The normalized spacial score (nSPS) is 19.6. The van der Waals surface area contributed by atoms with Crippen LogP contribution in [0, 0.1) is 6.92 Å². The SMILES string of the molecule is Cc1ccccc1CN1CCN(C(=O)CN2CCCCC2=O)CC1. The van der Waals surface area contributed by atoms with Crippen LogP contribution in [0.25, 0.3) is 0 Å². The van der Waals surface area contributed by atoms with Crippen molar-refractivity contribution in [3.05, 3.63) is 35.4 Å². The maximum atomic E-state index is 12.4. The largest absolute Gasteiger partial charge is 0.339 e. The number of benzene rings is 1. The molecule has 2 amide bonds. The lowest BCUT2D eigenvalue weighted by atomic mass is 10.1. The summed E-state index contributed by atoms with van der Waals surface area (Å²) in [6.07, 6.45) is 2.57. The summed E-state index contributed by atoms with van der Waals surface area (Å²) < 4.78 is 0. The molecule has 1 aromatic rings. The summed E-state index contributed by atoms with van der Waals surface area (Å²) >= 11 is 0. The number of hydrogen-bond donors (Lipinski definition) is 0. The van der Waals surface area contributed by atoms with Crippen molar-refractivity contribution in [2.45, 2.75) is 32.7 Å². The molecule has 0 aromatic heterocycles. The summed E-state index contributed by atoms with van der Waals surface area (Å²) in [6, 6.07) is 8.47. The van der Waals surface area contributed by atoms with Gasteiger partial charge in [0.2, 0.25) is 11.8 Å². The van der Waals surface area contributed by atoms with Gasteiger partial charge >= 0.3 is 0 Å². The van der Waals surface area contributed by atoms with Gasteiger partial charge in [-0.3, -0.25) is 14.5 Å². The summed E-state index contributed by atoms with van der Waals surface area (Å²) in [6.45, 7) is 7.39. The van der Waals surface area contributed by atoms with Crippen LogP contribution in [0.15, 0.2) is 24.3 Å². The topological polar surface area (TPSA) is 43.9 Å². The fraction of sp³-hybridized carbons (Fsp3) is 0.579. The number of aryl methyl sites for hydroxylation is 1. The van der Waals surface area contributed by atoms with E-state index >= 15 is 0 Å². The van der Waals surface area contributed by atoms with E-state index in [0.717, 1.165) is 52.1 Å². The second-order valence-electron chi connectivity index (χ2n) is 6.86. The van der Waals surface area contributed by atoms with Crippen LogP contribution >= 0.6 is 0 Å². The Hall–Kier alpha value is -1.88. The molecule has 0 spiro atoms. The number of piperidine rings is 1. The minimum Gasteiger partial charge on any atom is -0.339 e. The molecule has 130 valence electrons. The maximum absolute atomic E-state index is 12.4. The van der Waals surface area contributed by atoms with Gasteiger partial charge in [-0.25, -0.2) is 0 Å². The van der Waals surface area contributed by atoms with Gasteiger partial charge in [0.15, 0.2) is 0 Å². The van der Waals surface area contributed by atoms with Gasteiger partial charge in [0.05, 0.1) is 6.54 Å². The Kier molecular flexibility index (Phi) is 5.51. The van der Waals surface area contributed by atoms with Crippen LogP contribution in [-0.2, 0) is 16.1 Å². The molecule has 3 rings (SSSR count). The molecule has 2 aliphatic rings. The first-order chi connectivity index (χ1) is 11.6. The Morgan fingerprint density at radius 3 is 2.50 bits per heavy atom. The zero-order chi connectivity index (χ0) is 16.9. The fourth-order valence-corrected chi connectivity index (χ4v) is 3.48. The third-order valence-corrected chi connectivity index (χ3v) is 5.13. The highest BCUT2D eigenvalue weighted by Crippen LogP contribution is 2.14. The Bertz CT molecular complexity index is 594. The quantitative estimate of drug-likeness (QED) is 0.844. The van der Waals surface area contributed by atoms with Crippen molar-refractivity contribution in [3.8, 4) is 0 Å². The minimum absolute atomic E-state index is 0.0980. The second kappa shape index (κ2) is 7.79. The number of rotatable bonds is 4. The van der Waals surface area contributed by atoms with Gasteiger partial charge in [-0.05, 0) is 30.9 Å². The van der Waals surface area contributed by atoms with Crippen LogP contribution in [-0.4, -0.2) is 65.8 Å². The maximum Gasteiger partial charge on any atom is 0.242 e. The third-order valence-electron chi connectivity index (χ3n) is 5.13. The highest BCUT2D eigenvalue weighted by Gasteiger charge is 2.25. The number of carbonyl (C=O) groups excluding carboxylic acids is 2. The third kappa shape index (κ3) is 4.15. The molecule has 0 saturated carbocycles. The standard InChI is InChI=1S/C19H27N3O2/c1-16-6-2-3-7-17(16)14-20-10-12-21(13-11-20)19(24)15-22-9-5-4-8-18(22)23/h2-3,6-7H,4-5,8-15H2,1H3. The Balaban J connectivity index is 1.47. The number of hydrogen-bond acceptors (Lipinski definition) is 3. The minimum atomic E-state index is 0.0980. The predicted octanol–water partition coefficient (Wildman–Crippen LogP) is 1.65. The number of likely N-dealkylation sites (tertiary alicyclic amines) is 1. The number of carbonyl (C=O) groups is 2. The molecule has 2 fully saturated rings. The van der Waals surface area contributed by atoms with Gasteiger partial charge in [-0.2, -0.15) is 0 Å². The summed E-state index contributed by atoms with van der Waals surface area (Å²) in [7, 11) is 0. The van der Waals surface area contributed by atoms with Gasteiger partial charge in [-0.1, -0.05) is 24.3 Å². The molecular formula is C19H27N3O2. The smallest absolute Gasteiger partial charge is 0.242 e. The van der Waals surface area contributed by atoms with Crippen LogP contribution < -0.4 is 0 Å². The van der Waals surface area contributed by atoms with Crippen molar-refractivity contribution in [1.82, 2.24) is 14.7 Å². The highest BCUT2D eigenvalue weighted by molar-refractivity contribution is 5.85. The van der Waals surface area contributed by atoms with Gasteiger partial charge in [0.25, 0.3) is 0 Å². The molecule has 0 unspecified atom stereocenters. The number of piperazine rings is 1. The molecule has 2 saturated heterocycles. The van der Waals surface area contributed by atoms with Crippen LogP contribution in [0.1, 0.15) is 30.4 Å². The van der Waals surface area contributed by atoms with E-state index in [1.165, 1.54) is 11.1 Å². The molecule has 0 radical (unpaired) electrons. The van der Waals surface area contributed by atoms with Crippen LogP contribution in [0.2, 0.25) is 0 Å². The van der Waals surface area contributed by atoms with Crippen molar-refractivity contribution in [1.29, 1.82) is 0 Å². The van der Waals surface area contributed by atoms with Gasteiger partial charge in [0.1, 0.15) is 0 Å². The summed E-state index contributed by atoms with van der Waals surface area (Å²) in [4.78, 5) is 30.3. The van der Waals surface area contributed by atoms with E-state index in [1.54, 1.807) is 4.90 Å². The molecule has 0 atom stereocenters. The van der Waals surface area contributed by atoms with Gasteiger partial charge < -0.3 is 9.80 Å². The van der Waals surface area contributed by atoms with Gasteiger partial charge in [-0.15, -0.1) is 0 Å². The Morgan fingerprint density at radius 2 is 1.79 bits per heavy atom. The lowest BCUT2D eigenvalue weighted by Gasteiger charge is -2.36. The van der Waals surface area contributed by atoms with E-state index in [1.807, 2.05) is 4.90 Å². The molecule has 5 nitrogen and oxygen atoms in total. The summed E-state index contributed by atoms with van der Waals surface area (Å²) in [5.41, 5.74) is 2.68. The monoisotopic (exact) mass is 329 g/mol. The van der Waals surface area contributed by atoms with E-state index in [4.69, 9.17) is 0 Å². The van der Waals surface area contributed by atoms with Crippen molar-refractivity contribution in [2.75, 3.05) is 39.3 Å². The Labute approximate surface area is 144 Å². The molecular weight excluding hydrogens is 302 g/mol. The first-order valence-corrected chi connectivity index (χ1v) is 8.96. The molecule has 0 bridgehead atoms. The molecule has 0 aliphatic carbocycles. The second-order valence-corrected chi connectivity index (χ2v) is 6.86. The van der Waals surface area contributed by atoms with Crippen LogP contribution in [0.4, 0.5) is 0 Å². The Morgan fingerprint density at radius 1 is 1.04 bits per heavy atom. The number of amides is 2. The van der Waals surface area contributed by atoms with E-state index in [2.05, 4.69) is 36.1 Å². The molecule has 2 aliphatic heterocycles. The lowest BCUT2D eigenvalue weighted by Crippen LogP contribution is -2.52. The van der Waals surface area contributed by atoms with Crippen molar-refractivity contribution >= 4 is 11.8 Å². The van der Waals surface area contributed by atoms with Gasteiger partial charge in [0, 0.05) is 45.7 Å². The highest BCUT2D eigenvalue weighted by atomic mass is 16.2. The van der Waals surface area contributed by atoms with Crippen LogP contribution in [0.5, 0.6) is 0 Å². The molecule has 0 N–H and O–H groups in total. The average molecular weight is 329 g/mol. The predicted molar refractivity (Wildman–Crippen MR) is 93.5 cm³/mol. The average Bonchev–Trinajstić information content (AvgIpc) is 2.59.